The van der Waals surface area contributed by atoms with Crippen molar-refractivity contribution in [3.8, 4) is 0 Å². The van der Waals surface area contributed by atoms with Gasteiger partial charge in [0.2, 0.25) is 5.91 Å². The lowest BCUT2D eigenvalue weighted by atomic mass is 9.88. The zero-order valence-electron chi connectivity index (χ0n) is 13.2. The fourth-order valence-electron chi connectivity index (χ4n) is 3.45. The summed E-state index contributed by atoms with van der Waals surface area (Å²) < 4.78 is 1.64. The maximum atomic E-state index is 12.5. The molecule has 2 amide bonds. The molecule has 1 aromatic rings. The van der Waals surface area contributed by atoms with Crippen molar-refractivity contribution in [3.05, 3.63) is 18.0 Å². The minimum absolute atomic E-state index is 0.0119. The normalized spacial score (nSPS) is 20.2. The predicted octanol–water partition coefficient (Wildman–Crippen LogP) is 1.28. The minimum Gasteiger partial charge on any atom is -0.339 e. The van der Waals surface area contributed by atoms with Crippen molar-refractivity contribution in [2.75, 3.05) is 26.2 Å². The number of piperazine rings is 1. The van der Waals surface area contributed by atoms with Crippen LogP contribution in [0.25, 0.3) is 0 Å². The Kier molecular flexibility index (Phi) is 4.45. The maximum absolute atomic E-state index is 12.5. The smallest absolute Gasteiger partial charge is 0.257 e. The highest BCUT2D eigenvalue weighted by atomic mass is 16.2. The molecule has 6 nitrogen and oxygen atoms in total. The first-order chi connectivity index (χ1) is 10.6. The molecule has 0 unspecified atom stereocenters. The van der Waals surface area contributed by atoms with Crippen LogP contribution in [-0.4, -0.2) is 57.6 Å². The average molecular weight is 304 g/mol. The Morgan fingerprint density at radius 2 is 1.68 bits per heavy atom. The van der Waals surface area contributed by atoms with E-state index < -0.39 is 0 Å². The van der Waals surface area contributed by atoms with Gasteiger partial charge in [0.05, 0.1) is 11.8 Å². The second-order valence-corrected chi connectivity index (χ2v) is 6.36. The molecule has 6 heteroatoms. The first kappa shape index (κ1) is 15.1. The average Bonchev–Trinajstić information content (AvgIpc) is 3.01. The summed E-state index contributed by atoms with van der Waals surface area (Å²) in [5.74, 6) is 0.528. The van der Waals surface area contributed by atoms with Crippen LogP contribution in [0.3, 0.4) is 0 Å². The summed E-state index contributed by atoms with van der Waals surface area (Å²) in [6, 6.07) is 0. The standard InChI is InChI=1S/C16H24N4O2/c1-18-12-14(11-17-18)16(22)20-9-7-19(8-10-20)15(21)13-5-3-2-4-6-13/h11-13H,2-10H2,1H3. The third-order valence-electron chi connectivity index (χ3n) is 4.78. The predicted molar refractivity (Wildman–Crippen MR) is 82.3 cm³/mol. The summed E-state index contributed by atoms with van der Waals surface area (Å²) in [6.45, 7) is 2.54. The van der Waals surface area contributed by atoms with E-state index in [4.69, 9.17) is 0 Å². The van der Waals surface area contributed by atoms with Crippen LogP contribution in [0.2, 0.25) is 0 Å². The highest BCUT2D eigenvalue weighted by Gasteiger charge is 2.30. The zero-order chi connectivity index (χ0) is 15.5. The Balaban J connectivity index is 1.53. The largest absolute Gasteiger partial charge is 0.339 e. The topological polar surface area (TPSA) is 58.4 Å². The monoisotopic (exact) mass is 304 g/mol. The Morgan fingerprint density at radius 3 is 2.27 bits per heavy atom. The van der Waals surface area contributed by atoms with Gasteiger partial charge in [0.25, 0.3) is 5.91 Å². The van der Waals surface area contributed by atoms with Crippen LogP contribution < -0.4 is 0 Å². The highest BCUT2D eigenvalue weighted by Crippen LogP contribution is 2.25. The molecule has 0 spiro atoms. The molecule has 3 rings (SSSR count). The molecule has 2 fully saturated rings. The SMILES string of the molecule is Cn1cc(C(=O)N2CCN(C(=O)C3CCCCC3)CC2)cn1. The van der Waals surface area contributed by atoms with Crippen molar-refractivity contribution in [1.29, 1.82) is 0 Å². The van der Waals surface area contributed by atoms with Crippen LogP contribution in [0.5, 0.6) is 0 Å². The number of rotatable bonds is 2. The number of carbonyl (C=O) groups is 2. The van der Waals surface area contributed by atoms with Crippen molar-refractivity contribution in [2.24, 2.45) is 13.0 Å². The van der Waals surface area contributed by atoms with E-state index in [0.717, 1.165) is 12.8 Å². The summed E-state index contributed by atoms with van der Waals surface area (Å²) in [5.41, 5.74) is 0.620. The Hall–Kier alpha value is -1.85. The lowest BCUT2D eigenvalue weighted by molar-refractivity contribution is -0.138. The molecule has 22 heavy (non-hydrogen) atoms. The summed E-state index contributed by atoms with van der Waals surface area (Å²) >= 11 is 0. The van der Waals surface area contributed by atoms with E-state index in [2.05, 4.69) is 5.10 Å². The first-order valence-electron chi connectivity index (χ1n) is 8.22. The van der Waals surface area contributed by atoms with Crippen LogP contribution >= 0.6 is 0 Å². The molecule has 1 aliphatic carbocycles. The summed E-state index contributed by atoms with van der Waals surface area (Å²) in [7, 11) is 1.80. The molecule has 1 saturated carbocycles. The van der Waals surface area contributed by atoms with Crippen LogP contribution in [0.1, 0.15) is 42.5 Å². The number of aryl methyl sites for hydroxylation is 1. The molecule has 1 aliphatic heterocycles. The molecule has 0 bridgehead atoms. The molecule has 2 aliphatic rings. The number of hydrogen-bond donors (Lipinski definition) is 0. The second-order valence-electron chi connectivity index (χ2n) is 6.36. The quantitative estimate of drug-likeness (QED) is 0.827. The van der Waals surface area contributed by atoms with Crippen molar-refractivity contribution >= 4 is 11.8 Å². The Bertz CT molecular complexity index is 540. The van der Waals surface area contributed by atoms with Gasteiger partial charge in [-0.15, -0.1) is 0 Å². The van der Waals surface area contributed by atoms with Gasteiger partial charge < -0.3 is 9.80 Å². The number of aromatic nitrogens is 2. The lowest BCUT2D eigenvalue weighted by Crippen LogP contribution is -2.52. The van der Waals surface area contributed by atoms with Crippen molar-refractivity contribution < 1.29 is 9.59 Å². The van der Waals surface area contributed by atoms with E-state index in [1.165, 1.54) is 19.3 Å². The molecule has 1 saturated heterocycles. The molecule has 2 heterocycles. The zero-order valence-corrected chi connectivity index (χ0v) is 13.2. The summed E-state index contributed by atoms with van der Waals surface area (Å²) in [4.78, 5) is 28.6. The fourth-order valence-corrected chi connectivity index (χ4v) is 3.45. The fraction of sp³-hybridized carbons (Fsp3) is 0.688. The number of amides is 2. The van der Waals surface area contributed by atoms with Gasteiger partial charge in [0.1, 0.15) is 0 Å². The highest BCUT2D eigenvalue weighted by molar-refractivity contribution is 5.94. The van der Waals surface area contributed by atoms with Gasteiger partial charge in [-0.2, -0.15) is 5.10 Å². The molecule has 0 N–H and O–H groups in total. The number of carbonyl (C=O) groups excluding carboxylic acids is 2. The van der Waals surface area contributed by atoms with Crippen molar-refractivity contribution in [1.82, 2.24) is 19.6 Å². The molecular formula is C16H24N4O2. The van der Waals surface area contributed by atoms with E-state index in [9.17, 15) is 9.59 Å². The minimum atomic E-state index is 0.0119. The van der Waals surface area contributed by atoms with E-state index in [1.807, 2.05) is 9.80 Å². The number of hydrogen-bond acceptors (Lipinski definition) is 3. The van der Waals surface area contributed by atoms with Gasteiger partial charge in [0, 0.05) is 45.3 Å². The molecule has 120 valence electrons. The van der Waals surface area contributed by atoms with Crippen LogP contribution in [0, 0.1) is 5.92 Å². The van der Waals surface area contributed by atoms with E-state index >= 15 is 0 Å². The Labute approximate surface area is 131 Å². The van der Waals surface area contributed by atoms with Crippen LogP contribution in [0.15, 0.2) is 12.4 Å². The van der Waals surface area contributed by atoms with E-state index in [0.29, 0.717) is 37.6 Å². The van der Waals surface area contributed by atoms with Crippen molar-refractivity contribution in [3.63, 3.8) is 0 Å². The van der Waals surface area contributed by atoms with Gasteiger partial charge in [-0.1, -0.05) is 19.3 Å². The van der Waals surface area contributed by atoms with Gasteiger partial charge in [-0.25, -0.2) is 0 Å². The molecule has 0 atom stereocenters. The van der Waals surface area contributed by atoms with Crippen molar-refractivity contribution in [2.45, 2.75) is 32.1 Å². The van der Waals surface area contributed by atoms with Gasteiger partial charge in [-0.3, -0.25) is 14.3 Å². The van der Waals surface area contributed by atoms with Crippen LogP contribution in [-0.2, 0) is 11.8 Å². The number of nitrogens with zero attached hydrogens (tertiary/aromatic N) is 4. The maximum Gasteiger partial charge on any atom is 0.257 e. The second kappa shape index (κ2) is 6.50. The van der Waals surface area contributed by atoms with E-state index in [1.54, 1.807) is 24.1 Å². The molecule has 0 aromatic carbocycles. The third kappa shape index (κ3) is 3.15. The third-order valence-corrected chi connectivity index (χ3v) is 4.78. The Morgan fingerprint density at radius 1 is 1.05 bits per heavy atom. The van der Waals surface area contributed by atoms with Gasteiger partial charge in [-0.05, 0) is 12.8 Å². The molecule has 1 aromatic heterocycles. The molecule has 0 radical (unpaired) electrons. The van der Waals surface area contributed by atoms with Gasteiger partial charge >= 0.3 is 0 Å². The van der Waals surface area contributed by atoms with Gasteiger partial charge in [0.15, 0.2) is 0 Å². The summed E-state index contributed by atoms with van der Waals surface area (Å²) in [5, 5.41) is 4.04. The summed E-state index contributed by atoms with van der Waals surface area (Å²) in [6.07, 6.45) is 9.02. The lowest BCUT2D eigenvalue weighted by Gasteiger charge is -2.37. The van der Waals surface area contributed by atoms with Crippen LogP contribution in [0.4, 0.5) is 0 Å². The van der Waals surface area contributed by atoms with E-state index in [-0.39, 0.29) is 11.8 Å². The first-order valence-corrected chi connectivity index (χ1v) is 8.22. The molecular weight excluding hydrogens is 280 g/mol.